The molecule has 6 heteroatoms. The monoisotopic (exact) mass is 236 g/mol. The molecule has 1 aromatic rings. The molecule has 0 radical (unpaired) electrons. The van der Waals surface area contributed by atoms with Gasteiger partial charge in [0.2, 0.25) is 5.82 Å². The summed E-state index contributed by atoms with van der Waals surface area (Å²) in [5.41, 5.74) is 0.192. The molecule has 0 saturated carbocycles. The highest BCUT2D eigenvalue weighted by molar-refractivity contribution is 5.94. The van der Waals surface area contributed by atoms with Gasteiger partial charge < -0.3 is 0 Å². The Kier molecular flexibility index (Phi) is 3.85. The van der Waals surface area contributed by atoms with Gasteiger partial charge in [-0.05, 0) is 24.4 Å². The Hall–Kier alpha value is -2.33. The third-order valence-electron chi connectivity index (χ3n) is 1.96. The summed E-state index contributed by atoms with van der Waals surface area (Å²) in [7, 11) is 0. The van der Waals surface area contributed by atoms with Gasteiger partial charge in [-0.25, -0.2) is 0 Å². The summed E-state index contributed by atoms with van der Waals surface area (Å²) in [5, 5.41) is 10.5. The van der Waals surface area contributed by atoms with Crippen LogP contribution in [0.4, 0.5) is 10.1 Å². The first kappa shape index (κ1) is 12.7. The van der Waals surface area contributed by atoms with Crippen LogP contribution >= 0.6 is 0 Å². The SMILES string of the molecule is CC(=O)N=C=C(C)c1ccc(F)c([N+](=O)[O-])c1. The summed E-state index contributed by atoms with van der Waals surface area (Å²) in [6, 6.07) is 3.43. The van der Waals surface area contributed by atoms with Crippen LogP contribution in [0, 0.1) is 15.9 Å². The number of nitro groups is 1. The molecule has 1 amide bonds. The first-order valence-electron chi connectivity index (χ1n) is 4.67. The van der Waals surface area contributed by atoms with Crippen molar-refractivity contribution in [1.82, 2.24) is 0 Å². The van der Waals surface area contributed by atoms with Crippen LogP contribution in [0.15, 0.2) is 23.2 Å². The Morgan fingerprint density at radius 2 is 2.12 bits per heavy atom. The van der Waals surface area contributed by atoms with Gasteiger partial charge in [0, 0.05) is 18.6 Å². The number of allylic oxidation sites excluding steroid dienone is 1. The standard InChI is InChI=1S/C11H9FN2O3/c1-7(6-13-8(2)15)9-3-4-10(12)11(5-9)14(16)17/h3-5H,1-2H3. The Morgan fingerprint density at radius 1 is 1.47 bits per heavy atom. The van der Waals surface area contributed by atoms with E-state index < -0.39 is 22.3 Å². The highest BCUT2D eigenvalue weighted by atomic mass is 19.1. The van der Waals surface area contributed by atoms with E-state index in [0.717, 1.165) is 12.1 Å². The van der Waals surface area contributed by atoms with Crippen LogP contribution in [0.2, 0.25) is 0 Å². The minimum Gasteiger partial charge on any atom is -0.272 e. The average molecular weight is 236 g/mol. The van der Waals surface area contributed by atoms with Crippen LogP contribution in [0.3, 0.4) is 0 Å². The van der Waals surface area contributed by atoms with Crippen LogP contribution in [-0.4, -0.2) is 16.7 Å². The third-order valence-corrected chi connectivity index (χ3v) is 1.96. The van der Waals surface area contributed by atoms with E-state index in [1.54, 1.807) is 6.92 Å². The minimum absolute atomic E-state index is 0.392. The molecular formula is C11H9FN2O3. The van der Waals surface area contributed by atoms with Crippen molar-refractivity contribution in [3.63, 3.8) is 0 Å². The number of aliphatic imine (C=N–C) groups is 1. The average Bonchev–Trinajstić information content (AvgIpc) is 2.26. The Balaban J connectivity index is 3.25. The molecule has 0 saturated heterocycles. The molecular weight excluding hydrogens is 227 g/mol. The van der Waals surface area contributed by atoms with E-state index in [0.29, 0.717) is 11.1 Å². The van der Waals surface area contributed by atoms with Gasteiger partial charge in [0.1, 0.15) is 0 Å². The second-order valence-electron chi connectivity index (χ2n) is 3.29. The van der Waals surface area contributed by atoms with Gasteiger partial charge >= 0.3 is 5.69 Å². The van der Waals surface area contributed by atoms with Gasteiger partial charge in [-0.3, -0.25) is 14.9 Å². The summed E-state index contributed by atoms with van der Waals surface area (Å²) in [6.07, 6.45) is 0. The zero-order chi connectivity index (χ0) is 13.0. The largest absolute Gasteiger partial charge is 0.305 e. The number of hydrogen-bond acceptors (Lipinski definition) is 3. The first-order chi connectivity index (χ1) is 7.91. The first-order valence-corrected chi connectivity index (χ1v) is 4.67. The maximum atomic E-state index is 13.0. The van der Waals surface area contributed by atoms with Gasteiger partial charge in [0.25, 0.3) is 5.91 Å². The van der Waals surface area contributed by atoms with E-state index in [9.17, 15) is 19.3 Å². The lowest BCUT2D eigenvalue weighted by molar-refractivity contribution is -0.387. The molecule has 0 aliphatic heterocycles. The number of rotatable bonds is 2. The van der Waals surface area contributed by atoms with E-state index in [4.69, 9.17) is 0 Å². The highest BCUT2D eigenvalue weighted by Crippen LogP contribution is 2.21. The summed E-state index contributed by atoms with van der Waals surface area (Å²) in [4.78, 5) is 23.7. The summed E-state index contributed by atoms with van der Waals surface area (Å²) < 4.78 is 13.0. The van der Waals surface area contributed by atoms with Crippen molar-refractivity contribution < 1.29 is 14.1 Å². The van der Waals surface area contributed by atoms with Gasteiger partial charge in [-0.1, -0.05) is 6.07 Å². The Labute approximate surface area is 96.4 Å². The second kappa shape index (κ2) is 5.14. The minimum atomic E-state index is -0.907. The Bertz CT molecular complexity index is 546. The zero-order valence-electron chi connectivity index (χ0n) is 9.23. The molecule has 0 heterocycles. The molecule has 0 fully saturated rings. The van der Waals surface area contributed by atoms with Crippen molar-refractivity contribution in [2.24, 2.45) is 4.99 Å². The maximum absolute atomic E-state index is 13.0. The Morgan fingerprint density at radius 3 is 2.65 bits per heavy atom. The van der Waals surface area contributed by atoms with Crippen LogP contribution in [0.5, 0.6) is 0 Å². The second-order valence-corrected chi connectivity index (χ2v) is 3.29. The molecule has 5 nitrogen and oxygen atoms in total. The number of carbonyl (C=O) groups is 1. The van der Waals surface area contributed by atoms with Crippen molar-refractivity contribution in [3.05, 3.63) is 39.7 Å². The summed E-state index contributed by atoms with van der Waals surface area (Å²) in [5.74, 6) is 1.09. The predicted octanol–water partition coefficient (Wildman–Crippen LogP) is 2.35. The number of hydrogen-bond donors (Lipinski definition) is 0. The molecule has 17 heavy (non-hydrogen) atoms. The van der Waals surface area contributed by atoms with E-state index in [1.807, 2.05) is 0 Å². The molecule has 0 unspecified atom stereocenters. The molecule has 88 valence electrons. The fraction of sp³-hybridized carbons (Fsp3) is 0.182. The molecule has 1 aromatic carbocycles. The molecule has 0 atom stereocenters. The number of nitrogens with zero attached hydrogens (tertiary/aromatic N) is 2. The van der Waals surface area contributed by atoms with Crippen molar-refractivity contribution in [3.8, 4) is 0 Å². The quantitative estimate of drug-likeness (QED) is 0.449. The smallest absolute Gasteiger partial charge is 0.272 e. The number of halogens is 1. The summed E-state index contributed by atoms with van der Waals surface area (Å²) in [6.45, 7) is 2.83. The normalized spacial score (nSPS) is 9.35. The van der Waals surface area contributed by atoms with Crippen LogP contribution in [0.25, 0.3) is 5.57 Å². The van der Waals surface area contributed by atoms with E-state index in [1.165, 1.54) is 13.0 Å². The lowest BCUT2D eigenvalue weighted by Crippen LogP contribution is -1.94. The zero-order valence-corrected chi connectivity index (χ0v) is 9.23. The van der Waals surface area contributed by atoms with Gasteiger partial charge in [-0.2, -0.15) is 9.38 Å². The molecule has 0 aliphatic rings. The molecule has 0 aromatic heterocycles. The lowest BCUT2D eigenvalue weighted by atomic mass is 10.1. The van der Waals surface area contributed by atoms with Crippen LogP contribution in [-0.2, 0) is 4.79 Å². The van der Waals surface area contributed by atoms with Crippen LogP contribution in [0.1, 0.15) is 19.4 Å². The number of amides is 1. The fourth-order valence-corrected chi connectivity index (χ4v) is 1.11. The van der Waals surface area contributed by atoms with E-state index in [2.05, 4.69) is 10.9 Å². The van der Waals surface area contributed by atoms with E-state index in [-0.39, 0.29) is 0 Å². The molecule has 0 spiro atoms. The third kappa shape index (κ3) is 3.32. The van der Waals surface area contributed by atoms with Crippen LogP contribution < -0.4 is 0 Å². The molecule has 0 aliphatic carbocycles. The predicted molar refractivity (Wildman–Crippen MR) is 60.3 cm³/mol. The van der Waals surface area contributed by atoms with E-state index >= 15 is 0 Å². The topological polar surface area (TPSA) is 72.6 Å². The highest BCUT2D eigenvalue weighted by Gasteiger charge is 2.14. The number of nitro benzene ring substituents is 1. The van der Waals surface area contributed by atoms with Gasteiger partial charge in [-0.15, -0.1) is 0 Å². The molecule has 0 N–H and O–H groups in total. The molecule has 1 rings (SSSR count). The number of benzene rings is 1. The molecule has 0 bridgehead atoms. The van der Waals surface area contributed by atoms with Crippen molar-refractivity contribution >= 4 is 23.0 Å². The van der Waals surface area contributed by atoms with Crippen molar-refractivity contribution in [1.29, 1.82) is 0 Å². The maximum Gasteiger partial charge on any atom is 0.305 e. The van der Waals surface area contributed by atoms with Gasteiger partial charge in [0.05, 0.1) is 4.92 Å². The van der Waals surface area contributed by atoms with Crippen molar-refractivity contribution in [2.45, 2.75) is 13.8 Å². The lowest BCUT2D eigenvalue weighted by Gasteiger charge is -1.99. The number of carbonyl (C=O) groups excluding carboxylic acids is 1. The van der Waals surface area contributed by atoms with Crippen molar-refractivity contribution in [2.75, 3.05) is 0 Å². The van der Waals surface area contributed by atoms with Gasteiger partial charge in [0.15, 0.2) is 0 Å². The fourth-order valence-electron chi connectivity index (χ4n) is 1.11. The summed E-state index contributed by atoms with van der Waals surface area (Å²) >= 11 is 0.